The third kappa shape index (κ3) is 7.70. The van der Waals surface area contributed by atoms with Crippen molar-refractivity contribution in [1.82, 2.24) is 10.6 Å². The van der Waals surface area contributed by atoms with Crippen molar-refractivity contribution in [3.05, 3.63) is 35.4 Å². The van der Waals surface area contributed by atoms with E-state index in [9.17, 15) is 0 Å². The highest BCUT2D eigenvalue weighted by Crippen LogP contribution is 2.33. The lowest BCUT2D eigenvalue weighted by atomic mass is 9.89. The number of rotatable bonds is 7. The monoisotopic (exact) mass is 517 g/mol. The Kier molecular flexibility index (Phi) is 10.7. The average molecular weight is 517 g/mol. The van der Waals surface area contributed by atoms with Crippen LogP contribution in [0.25, 0.3) is 0 Å². The van der Waals surface area contributed by atoms with Gasteiger partial charge in [-0.05, 0) is 38.7 Å². The predicted octanol–water partition coefficient (Wildman–Crippen LogP) is 3.44. The Morgan fingerprint density at radius 1 is 1.24 bits per heavy atom. The zero-order valence-electron chi connectivity index (χ0n) is 17.9. The first-order valence-electron chi connectivity index (χ1n) is 10.5. The second kappa shape index (κ2) is 12.7. The van der Waals surface area contributed by atoms with Crippen LogP contribution in [0, 0.1) is 12.8 Å². The van der Waals surface area contributed by atoms with Gasteiger partial charge in [-0.1, -0.05) is 29.8 Å². The molecule has 2 aliphatic rings. The number of aliphatic imine (C=N–C) groups is 1. The van der Waals surface area contributed by atoms with Crippen molar-refractivity contribution < 1.29 is 14.2 Å². The number of hydrogen-bond acceptors (Lipinski definition) is 4. The van der Waals surface area contributed by atoms with Gasteiger partial charge in [-0.2, -0.15) is 0 Å². The van der Waals surface area contributed by atoms with Crippen LogP contribution in [0.5, 0.6) is 0 Å². The minimum Gasteiger partial charge on any atom is -0.379 e. The predicted molar refractivity (Wildman–Crippen MR) is 127 cm³/mol. The average Bonchev–Trinajstić information content (AvgIpc) is 3.24. The van der Waals surface area contributed by atoms with Gasteiger partial charge in [0.05, 0.1) is 25.4 Å². The highest BCUT2D eigenvalue weighted by molar-refractivity contribution is 14.0. The molecule has 6 nitrogen and oxygen atoms in total. The van der Waals surface area contributed by atoms with Crippen LogP contribution in [0.1, 0.15) is 43.4 Å². The summed E-state index contributed by atoms with van der Waals surface area (Å²) in [5.41, 5.74) is 2.54. The number of benzene rings is 1. The Morgan fingerprint density at radius 2 is 2.03 bits per heavy atom. The molecule has 0 radical (unpaired) electrons. The van der Waals surface area contributed by atoms with E-state index in [2.05, 4.69) is 53.7 Å². The lowest BCUT2D eigenvalue weighted by Gasteiger charge is -2.33. The summed E-state index contributed by atoms with van der Waals surface area (Å²) >= 11 is 0. The molecule has 2 aliphatic heterocycles. The Balaban J connectivity index is 0.00000300. The summed E-state index contributed by atoms with van der Waals surface area (Å²) in [7, 11) is 1.81. The molecule has 2 heterocycles. The van der Waals surface area contributed by atoms with Crippen LogP contribution in [0.4, 0.5) is 0 Å². The molecule has 2 saturated heterocycles. The molecule has 0 amide bonds. The molecule has 3 rings (SSSR count). The Labute approximate surface area is 192 Å². The fourth-order valence-electron chi connectivity index (χ4n) is 3.80. The molecule has 0 spiro atoms. The SMILES string of the molecule is CN=C(NCC1CCCOC1c1ccc(C)cc1)NC(C)COC1CCOC1.I. The van der Waals surface area contributed by atoms with Crippen LogP contribution in [-0.4, -0.2) is 58.1 Å². The molecule has 7 heteroatoms. The molecule has 29 heavy (non-hydrogen) atoms. The normalized spacial score (nSPS) is 25.9. The van der Waals surface area contributed by atoms with E-state index < -0.39 is 0 Å². The maximum atomic E-state index is 6.13. The number of halogens is 1. The molecule has 2 fully saturated rings. The summed E-state index contributed by atoms with van der Waals surface area (Å²) < 4.78 is 17.4. The summed E-state index contributed by atoms with van der Waals surface area (Å²) in [6.45, 7) is 8.06. The van der Waals surface area contributed by atoms with Gasteiger partial charge < -0.3 is 24.8 Å². The Morgan fingerprint density at radius 3 is 2.72 bits per heavy atom. The van der Waals surface area contributed by atoms with E-state index in [4.69, 9.17) is 14.2 Å². The van der Waals surface area contributed by atoms with Crippen molar-refractivity contribution in [1.29, 1.82) is 0 Å². The number of aryl methyl sites for hydroxylation is 1. The lowest BCUT2D eigenvalue weighted by Crippen LogP contribution is -2.46. The second-order valence-electron chi connectivity index (χ2n) is 7.92. The first-order valence-corrected chi connectivity index (χ1v) is 10.5. The van der Waals surface area contributed by atoms with Crippen LogP contribution in [0.2, 0.25) is 0 Å². The van der Waals surface area contributed by atoms with Gasteiger partial charge in [-0.15, -0.1) is 24.0 Å². The smallest absolute Gasteiger partial charge is 0.191 e. The zero-order valence-corrected chi connectivity index (χ0v) is 20.2. The van der Waals surface area contributed by atoms with Gasteiger partial charge in [0, 0.05) is 38.8 Å². The third-order valence-corrected chi connectivity index (χ3v) is 5.46. The van der Waals surface area contributed by atoms with E-state index in [1.54, 1.807) is 0 Å². The molecule has 4 unspecified atom stereocenters. The number of nitrogens with zero attached hydrogens (tertiary/aromatic N) is 1. The summed E-state index contributed by atoms with van der Waals surface area (Å²) in [4.78, 5) is 4.37. The molecule has 4 atom stereocenters. The van der Waals surface area contributed by atoms with E-state index in [0.717, 1.165) is 45.0 Å². The number of hydrogen-bond donors (Lipinski definition) is 2. The quantitative estimate of drug-likeness (QED) is 0.330. The molecule has 164 valence electrons. The first-order chi connectivity index (χ1) is 13.7. The van der Waals surface area contributed by atoms with Crippen molar-refractivity contribution in [2.45, 2.75) is 51.4 Å². The molecule has 0 bridgehead atoms. The Hall–Kier alpha value is -0.900. The van der Waals surface area contributed by atoms with Crippen molar-refractivity contribution in [3.8, 4) is 0 Å². The maximum Gasteiger partial charge on any atom is 0.191 e. The second-order valence-corrected chi connectivity index (χ2v) is 7.92. The molecule has 0 aliphatic carbocycles. The van der Waals surface area contributed by atoms with E-state index in [-0.39, 0.29) is 42.2 Å². The standard InChI is InChI=1S/C22H35N3O3.HI/c1-16-6-8-18(9-7-16)21-19(5-4-11-27-21)13-24-22(23-3)25-17(2)14-28-20-10-12-26-15-20;/h6-9,17,19-21H,4-5,10-15H2,1-3H3,(H2,23,24,25);1H. The molecular weight excluding hydrogens is 481 g/mol. The number of ether oxygens (including phenoxy) is 3. The minimum atomic E-state index is 0. The van der Waals surface area contributed by atoms with E-state index in [0.29, 0.717) is 19.1 Å². The van der Waals surface area contributed by atoms with Gasteiger partial charge >= 0.3 is 0 Å². The summed E-state index contributed by atoms with van der Waals surface area (Å²) in [6, 6.07) is 8.89. The largest absolute Gasteiger partial charge is 0.379 e. The number of nitrogens with one attached hydrogen (secondary N) is 2. The number of guanidine groups is 1. The summed E-state index contributed by atoms with van der Waals surface area (Å²) in [5.74, 6) is 1.24. The van der Waals surface area contributed by atoms with Crippen LogP contribution in [0.15, 0.2) is 29.3 Å². The molecule has 0 aromatic heterocycles. The molecular formula is C22H36IN3O3. The van der Waals surface area contributed by atoms with Crippen molar-refractivity contribution >= 4 is 29.9 Å². The van der Waals surface area contributed by atoms with E-state index >= 15 is 0 Å². The molecule has 0 saturated carbocycles. The maximum absolute atomic E-state index is 6.13. The van der Waals surface area contributed by atoms with Gasteiger partial charge in [-0.3, -0.25) is 4.99 Å². The Bertz CT molecular complexity index is 620. The highest BCUT2D eigenvalue weighted by Gasteiger charge is 2.27. The van der Waals surface area contributed by atoms with Crippen LogP contribution in [-0.2, 0) is 14.2 Å². The van der Waals surface area contributed by atoms with E-state index in [1.165, 1.54) is 11.1 Å². The molecule has 1 aromatic carbocycles. The first kappa shape index (κ1) is 24.4. The summed E-state index contributed by atoms with van der Waals surface area (Å²) in [5, 5.41) is 6.91. The zero-order chi connectivity index (χ0) is 19.8. The van der Waals surface area contributed by atoms with Crippen molar-refractivity contribution in [3.63, 3.8) is 0 Å². The lowest BCUT2D eigenvalue weighted by molar-refractivity contribution is -0.0265. The van der Waals surface area contributed by atoms with Gasteiger partial charge in [0.15, 0.2) is 5.96 Å². The van der Waals surface area contributed by atoms with Crippen LogP contribution >= 0.6 is 24.0 Å². The van der Waals surface area contributed by atoms with Gasteiger partial charge in [0.2, 0.25) is 0 Å². The van der Waals surface area contributed by atoms with Crippen molar-refractivity contribution in [2.24, 2.45) is 10.9 Å². The van der Waals surface area contributed by atoms with E-state index in [1.807, 2.05) is 7.05 Å². The van der Waals surface area contributed by atoms with Gasteiger partial charge in [0.1, 0.15) is 0 Å². The highest BCUT2D eigenvalue weighted by atomic mass is 127. The third-order valence-electron chi connectivity index (χ3n) is 5.46. The summed E-state index contributed by atoms with van der Waals surface area (Å²) in [6.07, 6.45) is 3.62. The van der Waals surface area contributed by atoms with Crippen LogP contribution < -0.4 is 10.6 Å². The van der Waals surface area contributed by atoms with Crippen molar-refractivity contribution in [2.75, 3.05) is 40.0 Å². The topological polar surface area (TPSA) is 64.1 Å². The van der Waals surface area contributed by atoms with Crippen LogP contribution in [0.3, 0.4) is 0 Å². The fraction of sp³-hybridized carbons (Fsp3) is 0.682. The molecule has 2 N–H and O–H groups in total. The molecule has 1 aromatic rings. The minimum absolute atomic E-state index is 0. The van der Waals surface area contributed by atoms with Gasteiger partial charge in [0.25, 0.3) is 0 Å². The fourth-order valence-corrected chi connectivity index (χ4v) is 3.80. The van der Waals surface area contributed by atoms with Gasteiger partial charge in [-0.25, -0.2) is 0 Å².